The number of para-hydroxylation sites is 1. The molecule has 29 heavy (non-hydrogen) atoms. The van der Waals surface area contributed by atoms with Crippen molar-refractivity contribution < 1.29 is 13.2 Å². The first-order valence-electron chi connectivity index (χ1n) is 8.74. The van der Waals surface area contributed by atoms with Gasteiger partial charge in [0, 0.05) is 16.8 Å². The van der Waals surface area contributed by atoms with E-state index in [0.717, 1.165) is 9.65 Å². The predicted molar refractivity (Wildman–Crippen MR) is 109 cm³/mol. The topological polar surface area (TPSA) is 94.0 Å². The molecule has 7 nitrogen and oxygen atoms in total. The zero-order valence-corrected chi connectivity index (χ0v) is 16.0. The molecule has 0 saturated carbocycles. The van der Waals surface area contributed by atoms with Crippen molar-refractivity contribution >= 4 is 21.6 Å². The number of nitrogens with zero attached hydrogens (tertiary/aromatic N) is 3. The molecule has 0 aliphatic rings. The Bertz CT molecular complexity index is 1250. The SMILES string of the molecule is O=C(Nc1ccccc1)c1cccc(S(=O)(=O)n2cc(-c3ccccc3)nn2)c1. The fourth-order valence-corrected chi connectivity index (χ4v) is 3.85. The summed E-state index contributed by atoms with van der Waals surface area (Å²) in [6, 6.07) is 23.9. The van der Waals surface area contributed by atoms with Crippen molar-refractivity contribution in [2.45, 2.75) is 4.90 Å². The van der Waals surface area contributed by atoms with Gasteiger partial charge < -0.3 is 5.32 Å². The third-order valence-electron chi connectivity index (χ3n) is 4.21. The highest BCUT2D eigenvalue weighted by atomic mass is 32.2. The summed E-state index contributed by atoms with van der Waals surface area (Å²) >= 11 is 0. The van der Waals surface area contributed by atoms with E-state index in [4.69, 9.17) is 0 Å². The smallest absolute Gasteiger partial charge is 0.284 e. The molecule has 144 valence electrons. The highest BCUT2D eigenvalue weighted by Crippen LogP contribution is 2.20. The van der Waals surface area contributed by atoms with Crippen LogP contribution in [0, 0.1) is 0 Å². The average Bonchev–Trinajstić information content (AvgIpc) is 3.26. The number of carbonyl (C=O) groups excluding carboxylic acids is 1. The van der Waals surface area contributed by atoms with Gasteiger partial charge in [-0.2, -0.15) is 8.42 Å². The minimum Gasteiger partial charge on any atom is -0.322 e. The maximum atomic E-state index is 12.9. The second-order valence-corrected chi connectivity index (χ2v) is 7.99. The van der Waals surface area contributed by atoms with Crippen LogP contribution in [0.2, 0.25) is 0 Å². The molecule has 0 radical (unpaired) electrons. The van der Waals surface area contributed by atoms with Crippen LogP contribution < -0.4 is 5.32 Å². The van der Waals surface area contributed by atoms with Crippen molar-refractivity contribution in [1.82, 2.24) is 14.4 Å². The summed E-state index contributed by atoms with van der Waals surface area (Å²) in [6.45, 7) is 0. The fraction of sp³-hybridized carbons (Fsp3) is 0. The van der Waals surface area contributed by atoms with Crippen LogP contribution >= 0.6 is 0 Å². The maximum absolute atomic E-state index is 12.9. The number of carbonyl (C=O) groups is 1. The van der Waals surface area contributed by atoms with Gasteiger partial charge >= 0.3 is 0 Å². The highest BCUT2D eigenvalue weighted by Gasteiger charge is 2.21. The Morgan fingerprint density at radius 3 is 2.28 bits per heavy atom. The number of anilines is 1. The summed E-state index contributed by atoms with van der Waals surface area (Å²) in [6.07, 6.45) is 1.35. The predicted octanol–water partition coefficient (Wildman–Crippen LogP) is 3.43. The van der Waals surface area contributed by atoms with Crippen LogP contribution in [-0.2, 0) is 10.0 Å². The Morgan fingerprint density at radius 2 is 1.55 bits per heavy atom. The van der Waals surface area contributed by atoms with Gasteiger partial charge in [-0.05, 0) is 30.3 Å². The second-order valence-electron chi connectivity index (χ2n) is 6.20. The normalized spacial score (nSPS) is 11.2. The third-order valence-corrected chi connectivity index (χ3v) is 5.74. The number of hydrogen-bond donors (Lipinski definition) is 1. The van der Waals surface area contributed by atoms with Gasteiger partial charge in [-0.1, -0.05) is 59.8 Å². The van der Waals surface area contributed by atoms with Crippen LogP contribution in [0.1, 0.15) is 10.4 Å². The van der Waals surface area contributed by atoms with Crippen LogP contribution in [0.25, 0.3) is 11.3 Å². The number of rotatable bonds is 5. The lowest BCUT2D eigenvalue weighted by Gasteiger charge is -2.07. The van der Waals surface area contributed by atoms with Crippen molar-refractivity contribution in [3.05, 3.63) is 96.7 Å². The summed E-state index contributed by atoms with van der Waals surface area (Å²) in [5, 5.41) is 10.4. The average molecular weight is 404 g/mol. The van der Waals surface area contributed by atoms with E-state index >= 15 is 0 Å². The van der Waals surface area contributed by atoms with Gasteiger partial charge in [0.1, 0.15) is 5.69 Å². The molecule has 0 unspecified atom stereocenters. The van der Waals surface area contributed by atoms with E-state index in [-0.39, 0.29) is 10.5 Å². The molecule has 1 N–H and O–H groups in total. The van der Waals surface area contributed by atoms with Gasteiger partial charge in [-0.3, -0.25) is 4.79 Å². The van der Waals surface area contributed by atoms with E-state index in [1.807, 2.05) is 36.4 Å². The second kappa shape index (κ2) is 7.69. The summed E-state index contributed by atoms with van der Waals surface area (Å²) in [4.78, 5) is 12.4. The summed E-state index contributed by atoms with van der Waals surface area (Å²) in [5.74, 6) is -0.406. The molecule has 0 saturated heterocycles. The monoisotopic (exact) mass is 404 g/mol. The summed E-state index contributed by atoms with van der Waals surface area (Å²) < 4.78 is 26.7. The lowest BCUT2D eigenvalue weighted by Crippen LogP contribution is -2.16. The molecule has 0 fully saturated rings. The Morgan fingerprint density at radius 1 is 0.862 bits per heavy atom. The first-order chi connectivity index (χ1) is 14.0. The van der Waals surface area contributed by atoms with E-state index in [1.165, 1.54) is 24.4 Å². The molecule has 0 aliphatic heterocycles. The molecule has 8 heteroatoms. The first kappa shape index (κ1) is 18.6. The van der Waals surface area contributed by atoms with E-state index in [9.17, 15) is 13.2 Å². The molecule has 0 spiro atoms. The fourth-order valence-electron chi connectivity index (χ4n) is 2.74. The lowest BCUT2D eigenvalue weighted by atomic mass is 10.2. The zero-order chi connectivity index (χ0) is 20.3. The molecule has 1 amide bonds. The van der Waals surface area contributed by atoms with Crippen LogP contribution in [0.5, 0.6) is 0 Å². The molecule has 3 aromatic carbocycles. The quantitative estimate of drug-likeness (QED) is 0.550. The zero-order valence-electron chi connectivity index (χ0n) is 15.1. The molecular formula is C21H16N4O3S. The van der Waals surface area contributed by atoms with Gasteiger partial charge in [0.25, 0.3) is 15.9 Å². The minimum atomic E-state index is -3.99. The Kier molecular flexibility index (Phi) is 4.92. The molecule has 0 aliphatic carbocycles. The number of hydrogen-bond acceptors (Lipinski definition) is 5. The van der Waals surface area contributed by atoms with Crippen molar-refractivity contribution in [2.24, 2.45) is 0 Å². The van der Waals surface area contributed by atoms with Crippen molar-refractivity contribution in [3.63, 3.8) is 0 Å². The van der Waals surface area contributed by atoms with E-state index in [0.29, 0.717) is 11.4 Å². The van der Waals surface area contributed by atoms with E-state index in [2.05, 4.69) is 15.6 Å². The van der Waals surface area contributed by atoms with Crippen LogP contribution in [0.3, 0.4) is 0 Å². The van der Waals surface area contributed by atoms with Gasteiger partial charge in [0.2, 0.25) is 0 Å². The number of amides is 1. The molecular weight excluding hydrogens is 388 g/mol. The standard InChI is InChI=1S/C21H16N4O3S/c26-21(22-18-11-5-2-6-12-18)17-10-7-13-19(14-17)29(27,28)25-15-20(23-24-25)16-8-3-1-4-9-16/h1-15H,(H,22,26). The lowest BCUT2D eigenvalue weighted by molar-refractivity contribution is 0.102. The Labute approximate surface area is 167 Å². The van der Waals surface area contributed by atoms with Gasteiger partial charge in [-0.25, -0.2) is 0 Å². The van der Waals surface area contributed by atoms with Crippen molar-refractivity contribution in [1.29, 1.82) is 0 Å². The number of aromatic nitrogens is 3. The summed E-state index contributed by atoms with van der Waals surface area (Å²) in [5.41, 5.74) is 2.03. The van der Waals surface area contributed by atoms with E-state index in [1.54, 1.807) is 30.3 Å². The number of nitrogens with one attached hydrogen (secondary N) is 1. The van der Waals surface area contributed by atoms with Crippen molar-refractivity contribution in [2.75, 3.05) is 5.32 Å². The molecule has 1 aromatic heterocycles. The highest BCUT2D eigenvalue weighted by molar-refractivity contribution is 7.89. The first-order valence-corrected chi connectivity index (χ1v) is 10.2. The van der Waals surface area contributed by atoms with E-state index < -0.39 is 15.9 Å². The largest absolute Gasteiger partial charge is 0.322 e. The van der Waals surface area contributed by atoms with Crippen LogP contribution in [0.15, 0.2) is 96.0 Å². The molecule has 4 aromatic rings. The van der Waals surface area contributed by atoms with Gasteiger partial charge in [-0.15, -0.1) is 9.19 Å². The van der Waals surface area contributed by atoms with Crippen LogP contribution in [-0.4, -0.2) is 28.7 Å². The molecule has 0 bridgehead atoms. The van der Waals surface area contributed by atoms with Crippen LogP contribution in [0.4, 0.5) is 5.69 Å². The Hall–Kier alpha value is -3.78. The minimum absolute atomic E-state index is 0.0530. The molecule has 4 rings (SSSR count). The van der Waals surface area contributed by atoms with Gasteiger partial charge in [0.05, 0.1) is 11.1 Å². The molecule has 0 atom stereocenters. The van der Waals surface area contributed by atoms with Gasteiger partial charge in [0.15, 0.2) is 0 Å². The third kappa shape index (κ3) is 3.92. The maximum Gasteiger partial charge on any atom is 0.284 e. The Balaban J connectivity index is 1.62. The molecule has 1 heterocycles. The number of benzene rings is 3. The summed E-state index contributed by atoms with van der Waals surface area (Å²) in [7, 11) is -3.99. The van der Waals surface area contributed by atoms with Crippen molar-refractivity contribution in [3.8, 4) is 11.3 Å².